The maximum Gasteiger partial charge on any atom is 0.351 e. The number of rotatable bonds is 4. The van der Waals surface area contributed by atoms with Crippen molar-refractivity contribution in [3.63, 3.8) is 0 Å². The van der Waals surface area contributed by atoms with Crippen LogP contribution in [0.3, 0.4) is 0 Å². The Kier molecular flexibility index (Phi) is 5.52. The number of fused-ring (bicyclic) bond motifs is 2. The highest BCUT2D eigenvalue weighted by atomic mass is 16.5. The summed E-state index contributed by atoms with van der Waals surface area (Å²) in [6.07, 6.45) is 2.01. The van der Waals surface area contributed by atoms with Gasteiger partial charge in [0.05, 0.1) is 7.11 Å². The van der Waals surface area contributed by atoms with Crippen LogP contribution < -0.4 is 10.9 Å². The molecular formula is C26H29N3O4. The molecule has 0 aliphatic heterocycles. The lowest BCUT2D eigenvalue weighted by Crippen LogP contribution is -2.27. The van der Waals surface area contributed by atoms with E-state index in [9.17, 15) is 9.59 Å². The van der Waals surface area contributed by atoms with Gasteiger partial charge in [0, 0.05) is 22.7 Å². The van der Waals surface area contributed by atoms with Crippen molar-refractivity contribution < 1.29 is 13.9 Å². The summed E-state index contributed by atoms with van der Waals surface area (Å²) in [4.78, 5) is 29.5. The molecule has 0 bridgehead atoms. The third kappa shape index (κ3) is 4.23. The van der Waals surface area contributed by atoms with Gasteiger partial charge in [0.1, 0.15) is 28.3 Å². The van der Waals surface area contributed by atoms with Crippen molar-refractivity contribution >= 4 is 28.4 Å². The number of esters is 1. The zero-order valence-electron chi connectivity index (χ0n) is 20.1. The molecule has 7 nitrogen and oxygen atoms in total. The first kappa shape index (κ1) is 22.6. The Balaban J connectivity index is 2.05. The van der Waals surface area contributed by atoms with Gasteiger partial charge < -0.3 is 14.5 Å². The molecule has 1 aromatic carbocycles. The summed E-state index contributed by atoms with van der Waals surface area (Å²) in [5.74, 6) is 0.232. The molecule has 0 spiro atoms. The smallest absolute Gasteiger partial charge is 0.351 e. The lowest BCUT2D eigenvalue weighted by atomic mass is 9.95. The molecule has 0 saturated heterocycles. The Hall–Kier alpha value is -3.61. The molecule has 33 heavy (non-hydrogen) atoms. The highest BCUT2D eigenvalue weighted by molar-refractivity contribution is 5.95. The van der Waals surface area contributed by atoms with Gasteiger partial charge in [0.2, 0.25) is 0 Å². The number of benzene rings is 1. The Morgan fingerprint density at radius 2 is 1.91 bits per heavy atom. The van der Waals surface area contributed by atoms with Gasteiger partial charge >= 0.3 is 11.6 Å². The average molecular weight is 448 g/mol. The van der Waals surface area contributed by atoms with Crippen LogP contribution in [0.25, 0.3) is 27.9 Å². The predicted octanol–water partition coefficient (Wildman–Crippen LogP) is 5.54. The normalized spacial score (nSPS) is 12.0. The lowest BCUT2D eigenvalue weighted by molar-refractivity contribution is 0.0596. The highest BCUT2D eigenvalue weighted by Crippen LogP contribution is 2.36. The van der Waals surface area contributed by atoms with E-state index < -0.39 is 11.6 Å². The van der Waals surface area contributed by atoms with Crippen LogP contribution in [0, 0.1) is 6.92 Å². The summed E-state index contributed by atoms with van der Waals surface area (Å²) < 4.78 is 12.4. The topological polar surface area (TPSA) is 85.8 Å². The second-order valence-corrected chi connectivity index (χ2v) is 9.69. The Morgan fingerprint density at radius 1 is 1.18 bits per heavy atom. The fourth-order valence-electron chi connectivity index (χ4n) is 3.90. The monoisotopic (exact) mass is 447 g/mol. The van der Waals surface area contributed by atoms with Gasteiger partial charge in [-0.05, 0) is 75.1 Å². The van der Waals surface area contributed by atoms with Gasteiger partial charge in [-0.25, -0.2) is 14.6 Å². The third-order valence-electron chi connectivity index (χ3n) is 5.44. The summed E-state index contributed by atoms with van der Waals surface area (Å²) in [5, 5.41) is 4.23. The average Bonchev–Trinajstić information content (AvgIpc) is 3.07. The molecule has 3 heterocycles. The number of carbonyl (C=O) groups is 1. The number of nitrogens with zero attached hydrogens (tertiary/aromatic N) is 2. The molecule has 4 rings (SSSR count). The Labute approximate surface area is 192 Å². The number of anilines is 1. The zero-order chi connectivity index (χ0) is 24.1. The summed E-state index contributed by atoms with van der Waals surface area (Å²) >= 11 is 0. The van der Waals surface area contributed by atoms with Crippen LogP contribution >= 0.6 is 0 Å². The van der Waals surface area contributed by atoms with E-state index in [0.29, 0.717) is 11.0 Å². The van der Waals surface area contributed by atoms with Crippen LogP contribution in [0.15, 0.2) is 45.7 Å². The van der Waals surface area contributed by atoms with Crippen LogP contribution in [-0.2, 0) is 4.74 Å². The first-order valence-corrected chi connectivity index (χ1v) is 11.0. The molecule has 4 aromatic rings. The first-order chi connectivity index (χ1) is 15.5. The lowest BCUT2D eigenvalue weighted by Gasteiger charge is -2.23. The van der Waals surface area contributed by atoms with Gasteiger partial charge in [0.15, 0.2) is 0 Å². The molecule has 0 atom stereocenters. The summed E-state index contributed by atoms with van der Waals surface area (Å²) in [5.41, 5.74) is 3.90. The molecule has 0 aliphatic rings. The van der Waals surface area contributed by atoms with Gasteiger partial charge in [-0.2, -0.15) is 0 Å². The number of aryl methyl sites for hydroxylation is 1. The number of methoxy groups -OCH3 is 1. The molecule has 0 fully saturated rings. The van der Waals surface area contributed by atoms with Crippen molar-refractivity contribution in [2.45, 2.75) is 53.0 Å². The minimum Gasteiger partial charge on any atom is -0.465 e. The van der Waals surface area contributed by atoms with E-state index in [0.717, 1.165) is 33.8 Å². The maximum absolute atomic E-state index is 12.4. The number of hydrogen-bond donors (Lipinski definition) is 1. The zero-order valence-corrected chi connectivity index (χ0v) is 20.1. The van der Waals surface area contributed by atoms with Crippen LogP contribution in [0.4, 0.5) is 5.82 Å². The molecule has 1 N–H and O–H groups in total. The van der Waals surface area contributed by atoms with E-state index in [1.807, 2.05) is 55.6 Å². The number of carbonyl (C=O) groups excluding carboxylic acids is 1. The van der Waals surface area contributed by atoms with E-state index in [1.54, 1.807) is 6.07 Å². The van der Waals surface area contributed by atoms with Crippen molar-refractivity contribution in [3.05, 3.63) is 63.6 Å². The molecule has 0 amide bonds. The van der Waals surface area contributed by atoms with E-state index >= 15 is 0 Å². The fourth-order valence-corrected chi connectivity index (χ4v) is 3.90. The SMILES string of the molecule is COC(=O)c1cc2cc(-c3nc4cc(C)ccn4c3NC(C)(C)C)cc(C(C)C)c2oc1=O. The Bertz CT molecular complexity index is 1440. The van der Waals surface area contributed by atoms with Crippen molar-refractivity contribution in [1.29, 1.82) is 0 Å². The van der Waals surface area contributed by atoms with Crippen molar-refractivity contribution in [2.75, 3.05) is 12.4 Å². The van der Waals surface area contributed by atoms with Gasteiger partial charge in [-0.3, -0.25) is 4.40 Å². The van der Waals surface area contributed by atoms with Crippen molar-refractivity contribution in [3.8, 4) is 11.3 Å². The number of nitrogens with one attached hydrogen (secondary N) is 1. The number of imidazole rings is 1. The van der Waals surface area contributed by atoms with Crippen LogP contribution in [-0.4, -0.2) is 28.0 Å². The quantitative estimate of drug-likeness (QED) is 0.327. The number of hydrogen-bond acceptors (Lipinski definition) is 6. The highest BCUT2D eigenvalue weighted by Gasteiger charge is 2.23. The minimum atomic E-state index is -0.722. The second-order valence-electron chi connectivity index (χ2n) is 9.69. The fraction of sp³-hybridized carbons (Fsp3) is 0.346. The van der Waals surface area contributed by atoms with E-state index in [-0.39, 0.29) is 17.0 Å². The molecule has 0 unspecified atom stereocenters. The summed E-state index contributed by atoms with van der Waals surface area (Å²) in [6, 6.07) is 9.54. The standard InChI is InChI=1S/C26H29N3O4/c1-14(2)18-12-16(11-17-13-19(24(30)32-7)25(31)33-22(17)18)21-23(28-26(4,5)6)29-9-8-15(3)10-20(29)27-21/h8-14,28H,1-7H3. The minimum absolute atomic E-state index is 0.0814. The van der Waals surface area contributed by atoms with Crippen LogP contribution in [0.5, 0.6) is 0 Å². The molecule has 3 aromatic heterocycles. The van der Waals surface area contributed by atoms with E-state index in [2.05, 4.69) is 26.1 Å². The number of ether oxygens (including phenoxy) is 1. The Morgan fingerprint density at radius 3 is 2.55 bits per heavy atom. The molecule has 172 valence electrons. The van der Waals surface area contributed by atoms with Gasteiger partial charge in [-0.15, -0.1) is 0 Å². The number of aromatic nitrogens is 2. The van der Waals surface area contributed by atoms with Crippen molar-refractivity contribution in [1.82, 2.24) is 9.38 Å². The van der Waals surface area contributed by atoms with Gasteiger partial charge in [0.25, 0.3) is 0 Å². The molecule has 0 aliphatic carbocycles. The van der Waals surface area contributed by atoms with Gasteiger partial charge in [-0.1, -0.05) is 13.8 Å². The van der Waals surface area contributed by atoms with E-state index in [1.165, 1.54) is 7.11 Å². The predicted molar refractivity (Wildman–Crippen MR) is 130 cm³/mol. The number of pyridine rings is 1. The largest absolute Gasteiger partial charge is 0.465 e. The van der Waals surface area contributed by atoms with Crippen LogP contribution in [0.2, 0.25) is 0 Å². The maximum atomic E-state index is 12.4. The van der Waals surface area contributed by atoms with E-state index in [4.69, 9.17) is 14.1 Å². The molecular weight excluding hydrogens is 418 g/mol. The molecule has 7 heteroatoms. The second kappa shape index (κ2) is 8.06. The molecule has 0 radical (unpaired) electrons. The first-order valence-electron chi connectivity index (χ1n) is 11.0. The van der Waals surface area contributed by atoms with Crippen LogP contribution in [0.1, 0.15) is 62.0 Å². The summed E-state index contributed by atoms with van der Waals surface area (Å²) in [7, 11) is 1.24. The summed E-state index contributed by atoms with van der Waals surface area (Å²) in [6.45, 7) is 12.4. The van der Waals surface area contributed by atoms with Crippen molar-refractivity contribution in [2.24, 2.45) is 0 Å². The molecule has 0 saturated carbocycles. The third-order valence-corrected chi connectivity index (χ3v) is 5.44.